The maximum absolute atomic E-state index is 12.1. The summed E-state index contributed by atoms with van der Waals surface area (Å²) in [7, 11) is 1.62. The zero-order valence-corrected chi connectivity index (χ0v) is 19.3. The number of amides is 1. The fourth-order valence-corrected chi connectivity index (χ4v) is 3.76. The molecule has 168 valence electrons. The molecule has 0 spiro atoms. The standard InChI is InChI=1S/C25H24N4O3S/c1-16(2)10-11-22(30)26-17-6-5-9-20(15-17)32-24-23-21(12-13-33-23)28-25(29-24)27-18-7-4-8-19(14-18)31-3/h4-16H,1-3H3,(H,26,30)(H,27,28,29)/b11-10+. The fourth-order valence-electron chi connectivity index (χ4n) is 3.00. The van der Waals surface area contributed by atoms with Crippen LogP contribution >= 0.6 is 11.3 Å². The molecule has 0 bridgehead atoms. The van der Waals surface area contributed by atoms with Gasteiger partial charge in [-0.3, -0.25) is 4.79 Å². The number of hydrogen-bond donors (Lipinski definition) is 2. The third-order valence-electron chi connectivity index (χ3n) is 4.55. The summed E-state index contributed by atoms with van der Waals surface area (Å²) in [5.74, 6) is 2.25. The van der Waals surface area contributed by atoms with Crippen LogP contribution in [0.1, 0.15) is 13.8 Å². The zero-order valence-electron chi connectivity index (χ0n) is 18.5. The van der Waals surface area contributed by atoms with Crippen LogP contribution in [0.2, 0.25) is 0 Å². The number of carbonyl (C=O) groups is 1. The van der Waals surface area contributed by atoms with Gasteiger partial charge in [-0.15, -0.1) is 11.3 Å². The van der Waals surface area contributed by atoms with Gasteiger partial charge in [0.25, 0.3) is 0 Å². The molecule has 0 radical (unpaired) electrons. The maximum Gasteiger partial charge on any atom is 0.248 e. The lowest BCUT2D eigenvalue weighted by atomic mass is 10.2. The number of hydrogen-bond acceptors (Lipinski definition) is 7. The first-order chi connectivity index (χ1) is 16.0. The van der Waals surface area contributed by atoms with Crippen LogP contribution in [0.5, 0.6) is 17.4 Å². The van der Waals surface area contributed by atoms with Crippen molar-refractivity contribution in [3.8, 4) is 17.4 Å². The summed E-state index contributed by atoms with van der Waals surface area (Å²) in [6.45, 7) is 4.03. The van der Waals surface area contributed by atoms with Gasteiger partial charge >= 0.3 is 0 Å². The van der Waals surface area contributed by atoms with E-state index in [2.05, 4.69) is 20.6 Å². The number of allylic oxidation sites excluding steroid dienone is 1. The Bertz CT molecular complexity index is 1300. The topological polar surface area (TPSA) is 85.4 Å². The minimum atomic E-state index is -0.187. The van der Waals surface area contributed by atoms with Crippen LogP contribution in [0.4, 0.5) is 17.3 Å². The Balaban J connectivity index is 1.57. The van der Waals surface area contributed by atoms with Crippen LogP contribution in [0, 0.1) is 5.92 Å². The Morgan fingerprint density at radius 1 is 1.03 bits per heavy atom. The highest BCUT2D eigenvalue weighted by molar-refractivity contribution is 7.17. The molecule has 7 nitrogen and oxygen atoms in total. The zero-order chi connectivity index (χ0) is 23.2. The number of carbonyl (C=O) groups excluding carboxylic acids is 1. The molecule has 1 amide bonds. The van der Waals surface area contributed by atoms with Crippen LogP contribution in [0.25, 0.3) is 10.2 Å². The van der Waals surface area contributed by atoms with Crippen molar-refractivity contribution in [2.24, 2.45) is 5.92 Å². The highest BCUT2D eigenvalue weighted by Crippen LogP contribution is 2.34. The molecule has 0 atom stereocenters. The molecule has 0 saturated heterocycles. The number of anilines is 3. The Labute approximate surface area is 196 Å². The molecule has 2 aromatic heterocycles. The van der Waals surface area contributed by atoms with Crippen molar-refractivity contribution >= 4 is 44.8 Å². The number of thiophene rings is 1. The number of benzene rings is 2. The summed E-state index contributed by atoms with van der Waals surface area (Å²) < 4.78 is 12.2. The van der Waals surface area contributed by atoms with Gasteiger partial charge in [-0.1, -0.05) is 32.1 Å². The second kappa shape index (κ2) is 10.1. The average molecular weight is 461 g/mol. The van der Waals surface area contributed by atoms with Gasteiger partial charge in [0.1, 0.15) is 16.2 Å². The molecule has 0 aliphatic heterocycles. The Morgan fingerprint density at radius 2 is 1.79 bits per heavy atom. The largest absolute Gasteiger partial charge is 0.497 e. The van der Waals surface area contributed by atoms with Crippen molar-refractivity contribution in [3.05, 3.63) is 72.1 Å². The molecule has 8 heteroatoms. The van der Waals surface area contributed by atoms with Crippen LogP contribution < -0.4 is 20.1 Å². The summed E-state index contributed by atoms with van der Waals surface area (Å²) in [6, 6.07) is 16.7. The molecular weight excluding hydrogens is 436 g/mol. The number of nitrogens with zero attached hydrogens (tertiary/aromatic N) is 2. The predicted octanol–water partition coefficient (Wildman–Crippen LogP) is 6.39. The van der Waals surface area contributed by atoms with E-state index in [0.717, 1.165) is 21.7 Å². The summed E-state index contributed by atoms with van der Waals surface area (Å²) in [4.78, 5) is 21.3. The normalized spacial score (nSPS) is 11.2. The van der Waals surface area contributed by atoms with E-state index in [0.29, 0.717) is 29.2 Å². The molecule has 2 aromatic carbocycles. The first-order valence-corrected chi connectivity index (χ1v) is 11.3. The minimum absolute atomic E-state index is 0.187. The minimum Gasteiger partial charge on any atom is -0.497 e. The van der Waals surface area contributed by atoms with Gasteiger partial charge in [-0.05, 0) is 47.7 Å². The second-order valence-electron chi connectivity index (χ2n) is 7.57. The molecule has 2 heterocycles. The Kier molecular flexibility index (Phi) is 6.85. The van der Waals surface area contributed by atoms with Crippen LogP contribution in [-0.4, -0.2) is 23.0 Å². The van der Waals surface area contributed by atoms with E-state index in [9.17, 15) is 4.79 Å². The number of aromatic nitrogens is 2. The van der Waals surface area contributed by atoms with E-state index in [1.165, 1.54) is 17.4 Å². The van der Waals surface area contributed by atoms with Crippen molar-refractivity contribution in [2.75, 3.05) is 17.7 Å². The van der Waals surface area contributed by atoms with Gasteiger partial charge < -0.3 is 20.1 Å². The van der Waals surface area contributed by atoms with Gasteiger partial charge in [0.05, 0.1) is 12.6 Å². The second-order valence-corrected chi connectivity index (χ2v) is 8.48. The third kappa shape index (κ3) is 5.87. The van der Waals surface area contributed by atoms with E-state index >= 15 is 0 Å². The smallest absolute Gasteiger partial charge is 0.248 e. The monoisotopic (exact) mass is 460 g/mol. The molecule has 0 fully saturated rings. The van der Waals surface area contributed by atoms with Crippen molar-refractivity contribution in [3.63, 3.8) is 0 Å². The molecule has 0 saturated carbocycles. The first-order valence-electron chi connectivity index (χ1n) is 10.4. The maximum atomic E-state index is 12.1. The highest BCUT2D eigenvalue weighted by atomic mass is 32.1. The van der Waals surface area contributed by atoms with Gasteiger partial charge in [-0.25, -0.2) is 4.98 Å². The molecule has 0 aliphatic carbocycles. The lowest BCUT2D eigenvalue weighted by molar-refractivity contribution is -0.111. The van der Waals surface area contributed by atoms with E-state index in [4.69, 9.17) is 9.47 Å². The highest BCUT2D eigenvalue weighted by Gasteiger charge is 2.12. The Hall–Kier alpha value is -3.91. The van der Waals surface area contributed by atoms with Crippen LogP contribution in [0.3, 0.4) is 0 Å². The molecule has 0 unspecified atom stereocenters. The van der Waals surface area contributed by atoms with Crippen molar-refractivity contribution < 1.29 is 14.3 Å². The predicted molar refractivity (Wildman–Crippen MR) is 133 cm³/mol. The van der Waals surface area contributed by atoms with Crippen molar-refractivity contribution in [1.29, 1.82) is 0 Å². The first kappa shape index (κ1) is 22.3. The molecular formula is C25H24N4O3S. The van der Waals surface area contributed by atoms with E-state index in [1.807, 2.05) is 73.8 Å². The third-order valence-corrected chi connectivity index (χ3v) is 5.44. The lowest BCUT2D eigenvalue weighted by Crippen LogP contribution is -2.08. The number of nitrogens with one attached hydrogen (secondary N) is 2. The SMILES string of the molecule is COc1cccc(Nc2nc(Oc3cccc(NC(=O)/C=C/C(C)C)c3)c3sccc3n2)c1. The number of fused-ring (bicyclic) bond motifs is 1. The number of methoxy groups -OCH3 is 1. The number of rotatable bonds is 8. The van der Waals surface area contributed by atoms with Gasteiger partial charge in [0, 0.05) is 23.5 Å². The molecule has 4 rings (SSSR count). The van der Waals surface area contributed by atoms with E-state index in [-0.39, 0.29) is 5.91 Å². The molecule has 2 N–H and O–H groups in total. The summed E-state index contributed by atoms with van der Waals surface area (Å²) in [5, 5.41) is 8.00. The quantitative estimate of drug-likeness (QED) is 0.297. The van der Waals surface area contributed by atoms with Crippen molar-refractivity contribution in [1.82, 2.24) is 9.97 Å². The summed E-state index contributed by atoms with van der Waals surface area (Å²) in [6.07, 6.45) is 3.38. The van der Waals surface area contributed by atoms with E-state index < -0.39 is 0 Å². The molecule has 0 aliphatic rings. The van der Waals surface area contributed by atoms with Crippen LogP contribution in [0.15, 0.2) is 72.1 Å². The average Bonchev–Trinajstić information content (AvgIpc) is 3.27. The van der Waals surface area contributed by atoms with Crippen molar-refractivity contribution in [2.45, 2.75) is 13.8 Å². The summed E-state index contributed by atoms with van der Waals surface area (Å²) >= 11 is 1.50. The van der Waals surface area contributed by atoms with Gasteiger partial charge in [0.2, 0.25) is 17.7 Å². The van der Waals surface area contributed by atoms with Gasteiger partial charge in [0.15, 0.2) is 0 Å². The molecule has 33 heavy (non-hydrogen) atoms. The molecule has 4 aromatic rings. The van der Waals surface area contributed by atoms with E-state index in [1.54, 1.807) is 13.2 Å². The van der Waals surface area contributed by atoms with Gasteiger partial charge in [-0.2, -0.15) is 4.98 Å². The number of ether oxygens (including phenoxy) is 2. The van der Waals surface area contributed by atoms with Crippen LogP contribution in [-0.2, 0) is 4.79 Å². The Morgan fingerprint density at radius 3 is 2.58 bits per heavy atom. The lowest BCUT2D eigenvalue weighted by Gasteiger charge is -2.11. The summed E-state index contributed by atoms with van der Waals surface area (Å²) in [5.41, 5.74) is 2.21. The fraction of sp³-hybridized carbons (Fsp3) is 0.160.